The highest BCUT2D eigenvalue weighted by atomic mass is 16.5. The quantitative estimate of drug-likeness (QED) is 0.333. The second-order valence-electron chi connectivity index (χ2n) is 7.49. The van der Waals surface area contributed by atoms with E-state index in [1.165, 1.54) is 45.2 Å². The molecule has 2 rings (SSSR count). The van der Waals surface area contributed by atoms with Gasteiger partial charge in [0, 0.05) is 45.4 Å². The molecule has 0 amide bonds. The van der Waals surface area contributed by atoms with Gasteiger partial charge in [-0.15, -0.1) is 0 Å². The molecule has 2 heterocycles. The van der Waals surface area contributed by atoms with Gasteiger partial charge in [-0.1, -0.05) is 6.42 Å². The Morgan fingerprint density at radius 2 is 2.12 bits per heavy atom. The number of guanidine groups is 1. The van der Waals surface area contributed by atoms with Crippen LogP contribution in [0.3, 0.4) is 0 Å². The Balaban J connectivity index is 1.52. The van der Waals surface area contributed by atoms with Crippen LogP contribution in [0.5, 0.6) is 0 Å². The summed E-state index contributed by atoms with van der Waals surface area (Å²) in [5.74, 6) is 0.929. The Hall–Kier alpha value is -0.850. The maximum atomic E-state index is 5.69. The molecule has 0 aromatic heterocycles. The first-order chi connectivity index (χ1) is 12.8. The third-order valence-electron chi connectivity index (χ3n) is 5.24. The first-order valence-electron chi connectivity index (χ1n) is 10.7. The van der Waals surface area contributed by atoms with Crippen LogP contribution in [-0.4, -0.2) is 75.5 Å². The fourth-order valence-electron chi connectivity index (χ4n) is 3.67. The highest BCUT2D eigenvalue weighted by molar-refractivity contribution is 5.79. The lowest BCUT2D eigenvalue weighted by molar-refractivity contribution is 0.0171. The van der Waals surface area contributed by atoms with Crippen LogP contribution in [0.25, 0.3) is 0 Å². The van der Waals surface area contributed by atoms with Crippen molar-refractivity contribution in [2.24, 2.45) is 4.99 Å². The Labute approximate surface area is 160 Å². The Morgan fingerprint density at radius 3 is 2.88 bits per heavy atom. The lowest BCUT2D eigenvalue weighted by Gasteiger charge is -2.33. The molecule has 0 radical (unpaired) electrons. The maximum absolute atomic E-state index is 5.69. The van der Waals surface area contributed by atoms with Gasteiger partial charge in [-0.25, -0.2) is 0 Å². The molecule has 6 nitrogen and oxygen atoms in total. The lowest BCUT2D eigenvalue weighted by Crippen LogP contribution is -2.41. The van der Waals surface area contributed by atoms with Crippen LogP contribution in [-0.2, 0) is 9.47 Å². The van der Waals surface area contributed by atoms with Crippen molar-refractivity contribution in [1.29, 1.82) is 0 Å². The zero-order valence-electron chi connectivity index (χ0n) is 17.0. The zero-order chi connectivity index (χ0) is 18.5. The second-order valence-corrected chi connectivity index (χ2v) is 7.49. The van der Waals surface area contributed by atoms with Crippen molar-refractivity contribution >= 4 is 5.96 Å². The number of nitrogens with zero attached hydrogens (tertiary/aromatic N) is 2. The van der Waals surface area contributed by atoms with E-state index in [0.29, 0.717) is 6.10 Å². The van der Waals surface area contributed by atoms with E-state index in [1.807, 2.05) is 0 Å². The summed E-state index contributed by atoms with van der Waals surface area (Å²) in [6.07, 6.45) is 8.86. The van der Waals surface area contributed by atoms with Gasteiger partial charge < -0.3 is 25.0 Å². The Morgan fingerprint density at radius 1 is 1.19 bits per heavy atom. The van der Waals surface area contributed by atoms with E-state index < -0.39 is 0 Å². The van der Waals surface area contributed by atoms with Gasteiger partial charge in [-0.05, 0) is 58.9 Å². The number of rotatable bonds is 11. The minimum atomic E-state index is 0.320. The van der Waals surface area contributed by atoms with E-state index in [2.05, 4.69) is 34.4 Å². The molecule has 26 heavy (non-hydrogen) atoms. The number of aliphatic imine (C=N–C) groups is 1. The predicted molar refractivity (Wildman–Crippen MR) is 108 cm³/mol. The normalized spacial score (nSPS) is 24.8. The topological polar surface area (TPSA) is 58.1 Å². The fourth-order valence-corrected chi connectivity index (χ4v) is 3.67. The van der Waals surface area contributed by atoms with E-state index in [0.717, 1.165) is 64.3 Å². The van der Waals surface area contributed by atoms with Gasteiger partial charge in [0.1, 0.15) is 0 Å². The monoisotopic (exact) mass is 368 g/mol. The summed E-state index contributed by atoms with van der Waals surface area (Å²) < 4.78 is 11.3. The number of hydrogen-bond acceptors (Lipinski definition) is 4. The van der Waals surface area contributed by atoms with Crippen LogP contribution in [0, 0.1) is 0 Å². The van der Waals surface area contributed by atoms with Crippen molar-refractivity contribution in [3.8, 4) is 0 Å². The molecule has 2 unspecified atom stereocenters. The van der Waals surface area contributed by atoms with Gasteiger partial charge in [-0.2, -0.15) is 0 Å². The van der Waals surface area contributed by atoms with E-state index >= 15 is 0 Å². The van der Waals surface area contributed by atoms with Crippen LogP contribution < -0.4 is 10.6 Å². The first kappa shape index (κ1) is 21.5. The highest BCUT2D eigenvalue weighted by Gasteiger charge is 2.17. The third kappa shape index (κ3) is 8.69. The van der Waals surface area contributed by atoms with Crippen molar-refractivity contribution in [3.05, 3.63) is 0 Å². The average molecular weight is 369 g/mol. The summed E-state index contributed by atoms with van der Waals surface area (Å²) in [4.78, 5) is 7.28. The molecule has 0 saturated carbocycles. The third-order valence-corrected chi connectivity index (χ3v) is 5.24. The molecule has 2 aliphatic rings. The summed E-state index contributed by atoms with van der Waals surface area (Å²) >= 11 is 0. The summed E-state index contributed by atoms with van der Waals surface area (Å²) in [5.41, 5.74) is 0. The van der Waals surface area contributed by atoms with Gasteiger partial charge >= 0.3 is 0 Å². The van der Waals surface area contributed by atoms with Gasteiger partial charge in [0.05, 0.1) is 12.7 Å². The van der Waals surface area contributed by atoms with Gasteiger partial charge in [-0.3, -0.25) is 4.99 Å². The Kier molecular flexibility index (Phi) is 11.0. The molecule has 2 aliphatic heterocycles. The summed E-state index contributed by atoms with van der Waals surface area (Å²) in [6.45, 7) is 12.0. The van der Waals surface area contributed by atoms with Gasteiger partial charge in [0.2, 0.25) is 0 Å². The number of hydrogen-bond donors (Lipinski definition) is 2. The first-order valence-corrected chi connectivity index (χ1v) is 10.7. The van der Waals surface area contributed by atoms with E-state index in [-0.39, 0.29) is 0 Å². The van der Waals surface area contributed by atoms with Crippen molar-refractivity contribution < 1.29 is 9.47 Å². The van der Waals surface area contributed by atoms with Gasteiger partial charge in [0.25, 0.3) is 0 Å². The lowest BCUT2D eigenvalue weighted by atomic mass is 10.0. The molecule has 2 atom stereocenters. The number of likely N-dealkylation sites (tertiary alicyclic amines) is 1. The molecule has 0 aliphatic carbocycles. The molecule has 6 heteroatoms. The van der Waals surface area contributed by atoms with Crippen molar-refractivity contribution in [2.45, 2.75) is 70.9 Å². The Bertz CT molecular complexity index is 386. The van der Waals surface area contributed by atoms with Crippen LogP contribution >= 0.6 is 0 Å². The standard InChI is InChI=1S/C20H40N4O2/c1-3-21-20(22-11-7-14-24-13-5-4-9-18(24)2)23-12-8-15-25-17-19-10-6-16-26-19/h18-19H,3-17H2,1-2H3,(H2,21,22,23). The molecule has 0 aromatic rings. The minimum absolute atomic E-state index is 0.320. The van der Waals surface area contributed by atoms with Crippen molar-refractivity contribution in [1.82, 2.24) is 15.5 Å². The largest absolute Gasteiger partial charge is 0.379 e. The SMILES string of the molecule is CCNC(=NCCCOCC1CCCO1)NCCCN1CCCCC1C. The summed E-state index contributed by atoms with van der Waals surface area (Å²) in [5, 5.41) is 6.79. The van der Waals surface area contributed by atoms with Crippen molar-refractivity contribution in [2.75, 3.05) is 52.5 Å². The number of piperidine rings is 1. The number of nitrogens with one attached hydrogen (secondary N) is 2. The summed E-state index contributed by atoms with van der Waals surface area (Å²) in [7, 11) is 0. The molecular formula is C20H40N4O2. The maximum Gasteiger partial charge on any atom is 0.191 e. The second kappa shape index (κ2) is 13.3. The molecule has 0 spiro atoms. The van der Waals surface area contributed by atoms with Crippen LogP contribution in [0.4, 0.5) is 0 Å². The molecule has 0 aromatic carbocycles. The zero-order valence-corrected chi connectivity index (χ0v) is 17.0. The number of ether oxygens (including phenoxy) is 2. The van der Waals surface area contributed by atoms with Crippen LogP contribution in [0.2, 0.25) is 0 Å². The molecule has 0 bridgehead atoms. The smallest absolute Gasteiger partial charge is 0.191 e. The van der Waals surface area contributed by atoms with E-state index in [4.69, 9.17) is 9.47 Å². The fraction of sp³-hybridized carbons (Fsp3) is 0.950. The van der Waals surface area contributed by atoms with Crippen LogP contribution in [0.15, 0.2) is 4.99 Å². The van der Waals surface area contributed by atoms with E-state index in [1.54, 1.807) is 0 Å². The van der Waals surface area contributed by atoms with Crippen LogP contribution in [0.1, 0.15) is 58.8 Å². The molecular weight excluding hydrogens is 328 g/mol. The molecule has 2 saturated heterocycles. The minimum Gasteiger partial charge on any atom is -0.379 e. The van der Waals surface area contributed by atoms with E-state index in [9.17, 15) is 0 Å². The highest BCUT2D eigenvalue weighted by Crippen LogP contribution is 2.16. The molecule has 2 fully saturated rings. The summed E-state index contributed by atoms with van der Waals surface area (Å²) in [6, 6.07) is 0.750. The average Bonchev–Trinajstić information content (AvgIpc) is 3.16. The molecule has 2 N–H and O–H groups in total. The van der Waals surface area contributed by atoms with Gasteiger partial charge in [0.15, 0.2) is 5.96 Å². The predicted octanol–water partition coefficient (Wildman–Crippen LogP) is 2.39. The molecule has 152 valence electrons. The van der Waals surface area contributed by atoms with Crippen molar-refractivity contribution in [3.63, 3.8) is 0 Å².